The van der Waals surface area contributed by atoms with Crippen molar-refractivity contribution in [3.05, 3.63) is 224 Å². The summed E-state index contributed by atoms with van der Waals surface area (Å²) in [6.07, 6.45) is 0. The fourth-order valence-electron chi connectivity index (χ4n) is 8.76. The van der Waals surface area contributed by atoms with Crippen LogP contribution in [0.4, 0.5) is 17.1 Å². The van der Waals surface area contributed by atoms with Crippen LogP contribution in [-0.2, 0) is 0 Å². The van der Waals surface area contributed by atoms with E-state index in [0.717, 1.165) is 55.7 Å². The van der Waals surface area contributed by atoms with E-state index < -0.39 is 0 Å². The third-order valence-electron chi connectivity index (χ3n) is 11.5. The second-order valence-electron chi connectivity index (χ2n) is 14.8. The summed E-state index contributed by atoms with van der Waals surface area (Å²) in [5.41, 5.74) is 14.2. The Bertz CT molecular complexity index is 3270. The van der Waals surface area contributed by atoms with E-state index in [0.29, 0.717) is 0 Å². The van der Waals surface area contributed by atoms with Crippen LogP contribution >= 0.6 is 0 Å². The summed E-state index contributed by atoms with van der Waals surface area (Å²) < 4.78 is 6.97. The number of para-hydroxylation sites is 1. The number of rotatable bonds is 7. The number of hydrogen-bond acceptors (Lipinski definition) is 2. The molecule has 0 aliphatic carbocycles. The predicted molar refractivity (Wildman–Crippen MR) is 245 cm³/mol. The van der Waals surface area contributed by atoms with Gasteiger partial charge in [-0.2, -0.15) is 0 Å². The second kappa shape index (κ2) is 14.1. The van der Waals surface area contributed by atoms with Gasteiger partial charge in [0.1, 0.15) is 11.2 Å². The Kier molecular flexibility index (Phi) is 8.19. The molecule has 0 radical (unpaired) electrons. The summed E-state index contributed by atoms with van der Waals surface area (Å²) in [4.78, 5) is 2.40. The van der Waals surface area contributed by atoms with Crippen molar-refractivity contribution >= 4 is 60.5 Å². The van der Waals surface area contributed by atoms with Gasteiger partial charge in [-0.3, -0.25) is 0 Å². The lowest BCUT2D eigenvalue weighted by atomic mass is 9.92. The van der Waals surface area contributed by atoms with Crippen molar-refractivity contribution in [1.29, 1.82) is 0 Å². The van der Waals surface area contributed by atoms with Gasteiger partial charge in [0.2, 0.25) is 0 Å². The van der Waals surface area contributed by atoms with E-state index in [4.69, 9.17) is 4.42 Å². The van der Waals surface area contributed by atoms with E-state index in [1.54, 1.807) is 0 Å². The predicted octanol–water partition coefficient (Wildman–Crippen LogP) is 16.0. The van der Waals surface area contributed by atoms with E-state index >= 15 is 0 Å². The van der Waals surface area contributed by atoms with Gasteiger partial charge >= 0.3 is 0 Å². The first-order chi connectivity index (χ1) is 28.8. The molecule has 272 valence electrons. The molecule has 0 spiro atoms. The molecule has 11 aromatic rings. The summed E-state index contributed by atoms with van der Waals surface area (Å²) in [5.74, 6) is 0. The number of benzene rings is 10. The Morgan fingerprint density at radius 2 is 0.897 bits per heavy atom. The van der Waals surface area contributed by atoms with Crippen molar-refractivity contribution in [2.45, 2.75) is 0 Å². The van der Waals surface area contributed by atoms with Crippen LogP contribution in [0.15, 0.2) is 229 Å². The standard InChI is InChI=1S/C56H37NO/c1-3-16-38(17-4-1)39-30-32-43(33-31-39)57(44-22-15-21-41(36-44)46-24-10-9-23-45(46)40-18-5-2-6-19-40)53-35-34-50(56-55(53)51-28-13-14-29-54(51)58-56)52-37-42-20-7-8-25-47(42)48-26-11-12-27-49(48)52/h1-37H. The SMILES string of the molecule is c1ccc(-c2ccc(N(c3cccc(-c4ccccc4-c4ccccc4)c3)c3ccc(-c4cc5ccccc5c5ccccc45)c4oc5ccccc5c34)cc2)cc1. The molecule has 0 fully saturated rings. The van der Waals surface area contributed by atoms with Crippen LogP contribution < -0.4 is 4.90 Å². The van der Waals surface area contributed by atoms with Gasteiger partial charge in [-0.15, -0.1) is 0 Å². The third kappa shape index (κ3) is 5.74. The van der Waals surface area contributed by atoms with Gasteiger partial charge in [0, 0.05) is 22.3 Å². The molecule has 0 N–H and O–H groups in total. The largest absolute Gasteiger partial charge is 0.455 e. The van der Waals surface area contributed by atoms with Crippen molar-refractivity contribution in [3.63, 3.8) is 0 Å². The molecule has 2 nitrogen and oxygen atoms in total. The van der Waals surface area contributed by atoms with Crippen LogP contribution in [-0.4, -0.2) is 0 Å². The lowest BCUT2D eigenvalue weighted by molar-refractivity contribution is 0.670. The number of fused-ring (bicyclic) bond motifs is 6. The Morgan fingerprint density at radius 3 is 1.67 bits per heavy atom. The van der Waals surface area contributed by atoms with E-state index in [2.05, 4.69) is 229 Å². The number of hydrogen-bond donors (Lipinski definition) is 0. The average Bonchev–Trinajstić information content (AvgIpc) is 3.70. The average molecular weight is 740 g/mol. The fraction of sp³-hybridized carbons (Fsp3) is 0. The molecule has 11 rings (SSSR count). The fourth-order valence-corrected chi connectivity index (χ4v) is 8.76. The highest BCUT2D eigenvalue weighted by atomic mass is 16.3. The molecule has 0 saturated heterocycles. The monoisotopic (exact) mass is 739 g/mol. The zero-order chi connectivity index (χ0) is 38.4. The molecule has 10 aromatic carbocycles. The first-order valence-electron chi connectivity index (χ1n) is 19.8. The van der Waals surface area contributed by atoms with Crippen LogP contribution in [0.2, 0.25) is 0 Å². The summed E-state index contributed by atoms with van der Waals surface area (Å²) in [6, 6.07) is 80.5. The highest BCUT2D eigenvalue weighted by Crippen LogP contribution is 2.48. The van der Waals surface area contributed by atoms with Gasteiger partial charge in [0.05, 0.1) is 11.1 Å². The molecular formula is C56H37NO. The van der Waals surface area contributed by atoms with Crippen LogP contribution in [0.3, 0.4) is 0 Å². The Morgan fingerprint density at radius 1 is 0.310 bits per heavy atom. The molecule has 0 aliphatic rings. The molecule has 1 aromatic heterocycles. The minimum Gasteiger partial charge on any atom is -0.455 e. The van der Waals surface area contributed by atoms with Crippen LogP contribution in [0.25, 0.3) is 88.0 Å². The molecule has 0 bridgehead atoms. The van der Waals surface area contributed by atoms with Crippen molar-refractivity contribution in [2.75, 3.05) is 4.90 Å². The van der Waals surface area contributed by atoms with Crippen molar-refractivity contribution in [2.24, 2.45) is 0 Å². The van der Waals surface area contributed by atoms with Crippen molar-refractivity contribution < 1.29 is 4.42 Å². The van der Waals surface area contributed by atoms with Crippen molar-refractivity contribution in [1.82, 2.24) is 0 Å². The van der Waals surface area contributed by atoms with Gasteiger partial charge in [0.15, 0.2) is 0 Å². The zero-order valence-electron chi connectivity index (χ0n) is 31.7. The van der Waals surface area contributed by atoms with Gasteiger partial charge in [-0.05, 0) is 109 Å². The molecule has 0 saturated carbocycles. The smallest absolute Gasteiger partial charge is 0.145 e. The quantitative estimate of drug-likeness (QED) is 0.151. The number of nitrogens with zero attached hydrogens (tertiary/aromatic N) is 1. The van der Waals surface area contributed by atoms with Crippen LogP contribution in [0, 0.1) is 0 Å². The maximum absolute atomic E-state index is 6.97. The van der Waals surface area contributed by atoms with Crippen molar-refractivity contribution in [3.8, 4) is 44.5 Å². The van der Waals surface area contributed by atoms with E-state index in [1.807, 2.05) is 0 Å². The molecule has 1 heterocycles. The van der Waals surface area contributed by atoms with Gasteiger partial charge in [-0.25, -0.2) is 0 Å². The molecule has 0 unspecified atom stereocenters. The van der Waals surface area contributed by atoms with Gasteiger partial charge in [0.25, 0.3) is 0 Å². The molecule has 0 atom stereocenters. The maximum atomic E-state index is 6.97. The van der Waals surface area contributed by atoms with Crippen LogP contribution in [0.1, 0.15) is 0 Å². The van der Waals surface area contributed by atoms with E-state index in [-0.39, 0.29) is 0 Å². The topological polar surface area (TPSA) is 16.4 Å². The lowest BCUT2D eigenvalue weighted by Gasteiger charge is -2.27. The molecule has 2 heteroatoms. The maximum Gasteiger partial charge on any atom is 0.145 e. The Hall–Kier alpha value is -7.68. The lowest BCUT2D eigenvalue weighted by Crippen LogP contribution is -2.10. The summed E-state index contributed by atoms with van der Waals surface area (Å²) in [5, 5.41) is 7.05. The second-order valence-corrected chi connectivity index (χ2v) is 14.8. The highest BCUT2D eigenvalue weighted by molar-refractivity contribution is 6.21. The summed E-state index contributed by atoms with van der Waals surface area (Å²) in [6.45, 7) is 0. The Labute approximate surface area is 337 Å². The summed E-state index contributed by atoms with van der Waals surface area (Å²) in [7, 11) is 0. The first-order valence-corrected chi connectivity index (χ1v) is 19.8. The van der Waals surface area contributed by atoms with E-state index in [9.17, 15) is 0 Å². The van der Waals surface area contributed by atoms with Gasteiger partial charge < -0.3 is 9.32 Å². The minimum absolute atomic E-state index is 0.862. The Balaban J connectivity index is 1.16. The summed E-state index contributed by atoms with van der Waals surface area (Å²) >= 11 is 0. The number of furan rings is 1. The number of anilines is 3. The normalized spacial score (nSPS) is 11.4. The molecule has 0 amide bonds. The van der Waals surface area contributed by atoms with Crippen LogP contribution in [0.5, 0.6) is 0 Å². The zero-order valence-corrected chi connectivity index (χ0v) is 31.7. The molecule has 58 heavy (non-hydrogen) atoms. The van der Waals surface area contributed by atoms with E-state index in [1.165, 1.54) is 49.4 Å². The highest BCUT2D eigenvalue weighted by Gasteiger charge is 2.24. The molecule has 0 aliphatic heterocycles. The first kappa shape index (κ1) is 33.6. The molecular weight excluding hydrogens is 703 g/mol. The van der Waals surface area contributed by atoms with Gasteiger partial charge in [-0.1, -0.05) is 176 Å². The third-order valence-corrected chi connectivity index (χ3v) is 11.5. The minimum atomic E-state index is 0.862.